The molecule has 1 aliphatic rings. The molecule has 2 heterocycles. The van der Waals surface area contributed by atoms with E-state index in [0.717, 1.165) is 48.3 Å². The van der Waals surface area contributed by atoms with Gasteiger partial charge in [0.2, 0.25) is 0 Å². The van der Waals surface area contributed by atoms with E-state index in [0.29, 0.717) is 5.92 Å². The fraction of sp³-hybridized carbons (Fsp3) is 0.692. The molecule has 1 saturated heterocycles. The third-order valence-electron chi connectivity index (χ3n) is 3.30. The van der Waals surface area contributed by atoms with Crippen molar-refractivity contribution in [1.29, 1.82) is 0 Å². The predicted octanol–water partition coefficient (Wildman–Crippen LogP) is 2.52. The van der Waals surface area contributed by atoms with Crippen molar-refractivity contribution < 1.29 is 9.53 Å². The molecule has 4 nitrogen and oxygen atoms in total. The van der Waals surface area contributed by atoms with Gasteiger partial charge < -0.3 is 9.64 Å². The fourth-order valence-corrected chi connectivity index (χ4v) is 3.20. The van der Waals surface area contributed by atoms with Crippen LogP contribution in [-0.4, -0.2) is 37.6 Å². The van der Waals surface area contributed by atoms with Crippen molar-refractivity contribution in [2.75, 3.05) is 31.7 Å². The van der Waals surface area contributed by atoms with Gasteiger partial charge in [0.15, 0.2) is 10.9 Å². The summed E-state index contributed by atoms with van der Waals surface area (Å²) in [7, 11) is 2.05. The summed E-state index contributed by atoms with van der Waals surface area (Å²) in [5.74, 6) is 0.782. The zero-order chi connectivity index (χ0) is 13.1. The van der Waals surface area contributed by atoms with Crippen molar-refractivity contribution >= 4 is 22.3 Å². The highest BCUT2D eigenvalue weighted by Crippen LogP contribution is 2.27. The van der Waals surface area contributed by atoms with Crippen LogP contribution in [0.25, 0.3) is 0 Å². The Morgan fingerprint density at radius 2 is 2.17 bits per heavy atom. The van der Waals surface area contributed by atoms with Crippen molar-refractivity contribution in [3.8, 4) is 0 Å². The van der Waals surface area contributed by atoms with E-state index in [2.05, 4.69) is 16.9 Å². The Balaban J connectivity index is 2.01. The fourth-order valence-electron chi connectivity index (χ4n) is 2.27. The highest BCUT2D eigenvalue weighted by molar-refractivity contribution is 7.17. The summed E-state index contributed by atoms with van der Waals surface area (Å²) in [6, 6.07) is 0. The van der Waals surface area contributed by atoms with Gasteiger partial charge in [0.25, 0.3) is 0 Å². The number of ketones is 1. The molecule has 0 spiro atoms. The van der Waals surface area contributed by atoms with Crippen molar-refractivity contribution in [3.05, 3.63) is 10.6 Å². The predicted molar refractivity (Wildman–Crippen MR) is 73.7 cm³/mol. The number of thiazole rings is 1. The molecule has 2 rings (SSSR count). The van der Waals surface area contributed by atoms with Gasteiger partial charge in [-0.25, -0.2) is 4.98 Å². The van der Waals surface area contributed by atoms with Crippen LogP contribution in [0.2, 0.25) is 0 Å². The number of aromatic nitrogens is 1. The molecule has 0 atom stereocenters. The first-order valence-electron chi connectivity index (χ1n) is 6.35. The monoisotopic (exact) mass is 268 g/mol. The Morgan fingerprint density at radius 3 is 2.72 bits per heavy atom. The Bertz CT molecular complexity index is 425. The van der Waals surface area contributed by atoms with E-state index >= 15 is 0 Å². The second-order valence-electron chi connectivity index (χ2n) is 4.90. The third kappa shape index (κ3) is 3.09. The van der Waals surface area contributed by atoms with Crippen molar-refractivity contribution in [2.24, 2.45) is 5.92 Å². The molecule has 1 aromatic heterocycles. The van der Waals surface area contributed by atoms with Crippen molar-refractivity contribution in [3.63, 3.8) is 0 Å². The molecule has 0 amide bonds. The summed E-state index contributed by atoms with van der Waals surface area (Å²) in [5.41, 5.74) is 0.848. The molecule has 1 aliphatic heterocycles. The minimum atomic E-state index is 0.107. The molecule has 0 aliphatic carbocycles. The maximum absolute atomic E-state index is 11.4. The lowest BCUT2D eigenvalue weighted by Gasteiger charge is -2.26. The number of hydrogen-bond donors (Lipinski definition) is 0. The lowest BCUT2D eigenvalue weighted by molar-refractivity contribution is 0.0685. The van der Waals surface area contributed by atoms with Crippen LogP contribution in [0, 0.1) is 12.8 Å². The molecule has 0 radical (unpaired) electrons. The van der Waals surface area contributed by atoms with Gasteiger partial charge in [-0.2, -0.15) is 0 Å². The smallest absolute Gasteiger partial charge is 0.185 e. The largest absolute Gasteiger partial charge is 0.381 e. The number of anilines is 1. The van der Waals surface area contributed by atoms with Gasteiger partial charge in [0, 0.05) is 33.7 Å². The molecule has 0 bridgehead atoms. The zero-order valence-electron chi connectivity index (χ0n) is 11.2. The molecule has 0 saturated carbocycles. The Morgan fingerprint density at radius 1 is 1.50 bits per heavy atom. The number of Topliss-reactive ketones (excluding diaryl/α,β-unsaturated/α-hetero) is 1. The summed E-state index contributed by atoms with van der Waals surface area (Å²) < 4.78 is 5.37. The van der Waals surface area contributed by atoms with Gasteiger partial charge in [-0.3, -0.25) is 4.79 Å². The Labute approximate surface area is 112 Å². The first-order chi connectivity index (χ1) is 8.58. The zero-order valence-corrected chi connectivity index (χ0v) is 12.0. The normalized spacial score (nSPS) is 16.8. The second-order valence-corrected chi connectivity index (χ2v) is 5.88. The first-order valence-corrected chi connectivity index (χ1v) is 7.17. The molecule has 0 aromatic carbocycles. The molecular weight excluding hydrogens is 248 g/mol. The molecule has 5 heteroatoms. The van der Waals surface area contributed by atoms with Gasteiger partial charge >= 0.3 is 0 Å². The Kier molecular flexibility index (Phi) is 4.35. The minimum absolute atomic E-state index is 0.107. The highest BCUT2D eigenvalue weighted by atomic mass is 32.1. The van der Waals surface area contributed by atoms with Crippen LogP contribution < -0.4 is 4.90 Å². The second kappa shape index (κ2) is 5.80. The lowest BCUT2D eigenvalue weighted by Crippen LogP contribution is -2.29. The van der Waals surface area contributed by atoms with Crippen molar-refractivity contribution in [1.82, 2.24) is 4.98 Å². The Hall–Kier alpha value is -0.940. The number of aryl methyl sites for hydroxylation is 1. The number of ether oxygens (including phenoxy) is 1. The van der Waals surface area contributed by atoms with Gasteiger partial charge in [-0.15, -0.1) is 0 Å². The third-order valence-corrected chi connectivity index (χ3v) is 4.68. The van der Waals surface area contributed by atoms with Gasteiger partial charge in [0.1, 0.15) is 0 Å². The highest BCUT2D eigenvalue weighted by Gasteiger charge is 2.19. The van der Waals surface area contributed by atoms with Crippen LogP contribution in [0.3, 0.4) is 0 Å². The van der Waals surface area contributed by atoms with Crippen LogP contribution in [0.15, 0.2) is 0 Å². The van der Waals surface area contributed by atoms with E-state index < -0.39 is 0 Å². The molecular formula is C13H20N2O2S. The quantitative estimate of drug-likeness (QED) is 0.787. The maximum atomic E-state index is 11.4. The minimum Gasteiger partial charge on any atom is -0.381 e. The van der Waals surface area contributed by atoms with Gasteiger partial charge in [0.05, 0.1) is 10.6 Å². The number of carbonyl (C=O) groups excluding carboxylic acids is 1. The number of carbonyl (C=O) groups is 1. The van der Waals surface area contributed by atoms with Crippen LogP contribution in [0.5, 0.6) is 0 Å². The van der Waals surface area contributed by atoms with E-state index in [1.165, 1.54) is 11.3 Å². The van der Waals surface area contributed by atoms with E-state index in [1.54, 1.807) is 6.92 Å². The molecule has 0 N–H and O–H groups in total. The summed E-state index contributed by atoms with van der Waals surface area (Å²) in [6.45, 7) is 6.23. The number of rotatable bonds is 4. The maximum Gasteiger partial charge on any atom is 0.185 e. The van der Waals surface area contributed by atoms with Crippen LogP contribution in [0.4, 0.5) is 5.13 Å². The lowest BCUT2D eigenvalue weighted by atomic mass is 10.0. The topological polar surface area (TPSA) is 42.4 Å². The van der Waals surface area contributed by atoms with Crippen LogP contribution in [0.1, 0.15) is 35.1 Å². The van der Waals surface area contributed by atoms with Gasteiger partial charge in [-0.1, -0.05) is 11.3 Å². The molecule has 100 valence electrons. The standard InChI is InChI=1S/C13H20N2O2S/c1-9-12(10(2)16)18-13(14-9)15(3)8-11-4-6-17-7-5-11/h11H,4-8H2,1-3H3. The molecule has 1 aromatic rings. The van der Waals surface area contributed by atoms with E-state index in [-0.39, 0.29) is 5.78 Å². The van der Waals surface area contributed by atoms with Crippen LogP contribution in [-0.2, 0) is 4.74 Å². The number of hydrogen-bond acceptors (Lipinski definition) is 5. The average molecular weight is 268 g/mol. The van der Waals surface area contributed by atoms with Gasteiger partial charge in [-0.05, 0) is 25.7 Å². The SMILES string of the molecule is CC(=O)c1sc(N(C)CC2CCOCC2)nc1C. The van der Waals surface area contributed by atoms with Crippen molar-refractivity contribution in [2.45, 2.75) is 26.7 Å². The summed E-state index contributed by atoms with van der Waals surface area (Å²) in [4.78, 5) is 18.9. The van der Waals surface area contributed by atoms with E-state index in [4.69, 9.17) is 4.74 Å². The number of nitrogens with zero attached hydrogens (tertiary/aromatic N) is 2. The first kappa shape index (κ1) is 13.5. The molecule has 1 fully saturated rings. The molecule has 0 unspecified atom stereocenters. The molecule has 18 heavy (non-hydrogen) atoms. The average Bonchev–Trinajstić information content (AvgIpc) is 2.73. The van der Waals surface area contributed by atoms with E-state index in [1.807, 2.05) is 6.92 Å². The summed E-state index contributed by atoms with van der Waals surface area (Å²) in [5, 5.41) is 0.948. The van der Waals surface area contributed by atoms with E-state index in [9.17, 15) is 4.79 Å². The summed E-state index contributed by atoms with van der Waals surface area (Å²) >= 11 is 1.50. The van der Waals surface area contributed by atoms with Crippen LogP contribution >= 0.6 is 11.3 Å². The summed E-state index contributed by atoms with van der Waals surface area (Å²) in [6.07, 6.45) is 2.24.